The molecule has 0 saturated carbocycles. The molecule has 0 radical (unpaired) electrons. The summed E-state index contributed by atoms with van der Waals surface area (Å²) in [5.74, 6) is 0.0418. The van der Waals surface area contributed by atoms with Gasteiger partial charge in [0.05, 0.1) is 0 Å². The van der Waals surface area contributed by atoms with Crippen molar-refractivity contribution < 1.29 is 9.53 Å². The largest absolute Gasteiger partial charge is 0.461 e. The number of ether oxygens (including phenoxy) is 1. The van der Waals surface area contributed by atoms with E-state index in [2.05, 4.69) is 28.1 Å². The summed E-state index contributed by atoms with van der Waals surface area (Å²) in [4.78, 5) is 11.3. The third-order valence-electron chi connectivity index (χ3n) is 2.50. The van der Waals surface area contributed by atoms with Crippen LogP contribution in [0.1, 0.15) is 19.4 Å². The topological polar surface area (TPSA) is 26.3 Å². The molecule has 3 heteroatoms. The number of alkyl halides is 1. The molecule has 0 aliphatic carbocycles. The molecule has 1 rings (SSSR count). The van der Waals surface area contributed by atoms with Gasteiger partial charge in [-0.2, -0.15) is 0 Å². The molecule has 0 fully saturated rings. The fourth-order valence-electron chi connectivity index (χ4n) is 1.38. The second kappa shape index (κ2) is 8.09. The summed E-state index contributed by atoms with van der Waals surface area (Å²) >= 11 is 3.31. The van der Waals surface area contributed by atoms with Gasteiger partial charge >= 0.3 is 5.97 Å². The third kappa shape index (κ3) is 5.50. The second-order valence-electron chi connectivity index (χ2n) is 4.44. The lowest BCUT2D eigenvalue weighted by atomic mass is 10.1. The standard InChI is InChI=1S/C15H19BrO2/c1-12(2)14(16)15(17)18-11-7-6-10-13-8-4-3-5-9-13/h3-9,12,14H,10-11H2,1-2H3/b7-6+. The Kier molecular flexibility index (Phi) is 6.73. The minimum absolute atomic E-state index is 0.200. The zero-order valence-corrected chi connectivity index (χ0v) is 12.4. The maximum Gasteiger partial charge on any atom is 0.320 e. The van der Waals surface area contributed by atoms with Crippen molar-refractivity contribution in [1.82, 2.24) is 0 Å². The van der Waals surface area contributed by atoms with E-state index in [4.69, 9.17) is 4.74 Å². The number of benzene rings is 1. The van der Waals surface area contributed by atoms with Crippen LogP contribution < -0.4 is 0 Å². The van der Waals surface area contributed by atoms with Crippen molar-refractivity contribution in [2.24, 2.45) is 5.92 Å². The van der Waals surface area contributed by atoms with E-state index < -0.39 is 0 Å². The first-order valence-electron chi connectivity index (χ1n) is 6.11. The predicted octanol–water partition coefficient (Wildman–Crippen LogP) is 3.75. The number of halogens is 1. The zero-order chi connectivity index (χ0) is 13.4. The van der Waals surface area contributed by atoms with Gasteiger partial charge in [-0.05, 0) is 17.9 Å². The molecule has 1 atom stereocenters. The van der Waals surface area contributed by atoms with Crippen LogP contribution in [0.3, 0.4) is 0 Å². The molecule has 1 unspecified atom stereocenters. The number of rotatable bonds is 6. The monoisotopic (exact) mass is 310 g/mol. The van der Waals surface area contributed by atoms with Gasteiger partial charge in [0.1, 0.15) is 11.4 Å². The van der Waals surface area contributed by atoms with E-state index >= 15 is 0 Å². The molecule has 98 valence electrons. The van der Waals surface area contributed by atoms with Crippen molar-refractivity contribution in [2.45, 2.75) is 25.1 Å². The molecule has 0 aromatic heterocycles. The molecule has 0 aliphatic heterocycles. The quantitative estimate of drug-likeness (QED) is 0.454. The first kappa shape index (κ1) is 15.0. The van der Waals surface area contributed by atoms with Crippen molar-refractivity contribution >= 4 is 21.9 Å². The van der Waals surface area contributed by atoms with Crippen molar-refractivity contribution in [1.29, 1.82) is 0 Å². The summed E-state index contributed by atoms with van der Waals surface area (Å²) in [6, 6.07) is 10.2. The van der Waals surface area contributed by atoms with E-state index in [0.717, 1.165) is 6.42 Å². The Morgan fingerprint density at radius 2 is 1.94 bits per heavy atom. The Labute approximate surface area is 117 Å². The average molecular weight is 311 g/mol. The lowest BCUT2D eigenvalue weighted by molar-refractivity contribution is -0.142. The van der Waals surface area contributed by atoms with Gasteiger partial charge in [0, 0.05) is 0 Å². The molecule has 0 bridgehead atoms. The zero-order valence-electron chi connectivity index (χ0n) is 10.8. The minimum Gasteiger partial charge on any atom is -0.461 e. The maximum absolute atomic E-state index is 11.5. The Morgan fingerprint density at radius 1 is 1.28 bits per heavy atom. The molecule has 0 amide bonds. The Balaban J connectivity index is 2.24. The van der Waals surface area contributed by atoms with E-state index in [1.807, 2.05) is 44.2 Å². The first-order valence-corrected chi connectivity index (χ1v) is 7.02. The highest BCUT2D eigenvalue weighted by Crippen LogP contribution is 2.13. The number of hydrogen-bond acceptors (Lipinski definition) is 2. The van der Waals surface area contributed by atoms with Crippen LogP contribution in [0.5, 0.6) is 0 Å². The second-order valence-corrected chi connectivity index (χ2v) is 5.42. The van der Waals surface area contributed by atoms with Crippen LogP contribution in [0.25, 0.3) is 0 Å². The number of carbonyl (C=O) groups is 1. The summed E-state index contributed by atoms with van der Waals surface area (Å²) < 4.78 is 5.13. The highest BCUT2D eigenvalue weighted by Gasteiger charge is 2.19. The Bertz CT molecular complexity index is 385. The number of allylic oxidation sites excluding steroid dienone is 1. The fourth-order valence-corrected chi connectivity index (χ4v) is 1.52. The molecule has 0 aliphatic rings. The van der Waals surface area contributed by atoms with E-state index in [1.54, 1.807) is 0 Å². The van der Waals surface area contributed by atoms with Gasteiger partial charge in [-0.25, -0.2) is 0 Å². The summed E-state index contributed by atoms with van der Waals surface area (Å²) in [6.07, 6.45) is 4.76. The molecule has 0 saturated heterocycles. The average Bonchev–Trinajstić information content (AvgIpc) is 2.38. The minimum atomic E-state index is -0.222. The highest BCUT2D eigenvalue weighted by molar-refractivity contribution is 9.10. The van der Waals surface area contributed by atoms with Crippen LogP contribution in [0, 0.1) is 5.92 Å². The molecule has 1 aromatic rings. The Morgan fingerprint density at radius 3 is 2.56 bits per heavy atom. The predicted molar refractivity (Wildman–Crippen MR) is 77.8 cm³/mol. The molecule has 1 aromatic carbocycles. The fraction of sp³-hybridized carbons (Fsp3) is 0.400. The lowest BCUT2D eigenvalue weighted by Crippen LogP contribution is -2.22. The number of carbonyl (C=O) groups excluding carboxylic acids is 1. The van der Waals surface area contributed by atoms with Crippen LogP contribution in [0.4, 0.5) is 0 Å². The van der Waals surface area contributed by atoms with E-state index in [-0.39, 0.29) is 16.7 Å². The molecule has 0 N–H and O–H groups in total. The van der Waals surface area contributed by atoms with Crippen molar-refractivity contribution in [3.8, 4) is 0 Å². The van der Waals surface area contributed by atoms with Crippen LogP contribution >= 0.6 is 15.9 Å². The Hall–Kier alpha value is -1.09. The third-order valence-corrected chi connectivity index (χ3v) is 3.93. The first-order chi connectivity index (χ1) is 8.61. The summed E-state index contributed by atoms with van der Waals surface area (Å²) in [5.41, 5.74) is 1.25. The molecular formula is C15H19BrO2. The van der Waals surface area contributed by atoms with Crippen molar-refractivity contribution in [2.75, 3.05) is 6.61 Å². The molecule has 2 nitrogen and oxygen atoms in total. The number of hydrogen-bond donors (Lipinski definition) is 0. The molecule has 0 spiro atoms. The van der Waals surface area contributed by atoms with Crippen molar-refractivity contribution in [3.63, 3.8) is 0 Å². The SMILES string of the molecule is CC(C)C(Br)C(=O)OC/C=C/Cc1ccccc1. The van der Waals surface area contributed by atoms with Crippen LogP contribution in [0.15, 0.2) is 42.5 Å². The summed E-state index contributed by atoms with van der Waals surface area (Å²) in [7, 11) is 0. The smallest absolute Gasteiger partial charge is 0.320 e. The van der Waals surface area contributed by atoms with Gasteiger partial charge in [0.25, 0.3) is 0 Å². The normalized spacial score (nSPS) is 12.9. The van der Waals surface area contributed by atoms with Gasteiger partial charge in [-0.15, -0.1) is 0 Å². The highest BCUT2D eigenvalue weighted by atomic mass is 79.9. The van der Waals surface area contributed by atoms with Gasteiger partial charge in [0.15, 0.2) is 0 Å². The molecule has 0 heterocycles. The van der Waals surface area contributed by atoms with Gasteiger partial charge in [0.2, 0.25) is 0 Å². The van der Waals surface area contributed by atoms with Gasteiger partial charge in [-0.3, -0.25) is 4.79 Å². The van der Waals surface area contributed by atoms with Gasteiger partial charge in [-0.1, -0.05) is 72.3 Å². The maximum atomic E-state index is 11.5. The van der Waals surface area contributed by atoms with Crippen molar-refractivity contribution in [3.05, 3.63) is 48.0 Å². The van der Waals surface area contributed by atoms with E-state index in [0.29, 0.717) is 6.61 Å². The van der Waals surface area contributed by atoms with E-state index in [1.165, 1.54) is 5.56 Å². The van der Waals surface area contributed by atoms with E-state index in [9.17, 15) is 4.79 Å². The summed E-state index contributed by atoms with van der Waals surface area (Å²) in [6.45, 7) is 4.29. The van der Waals surface area contributed by atoms with Crippen LogP contribution in [0.2, 0.25) is 0 Å². The molecule has 18 heavy (non-hydrogen) atoms. The van der Waals surface area contributed by atoms with Crippen LogP contribution in [-0.2, 0) is 16.0 Å². The van der Waals surface area contributed by atoms with Gasteiger partial charge < -0.3 is 4.74 Å². The van der Waals surface area contributed by atoms with Crippen LogP contribution in [-0.4, -0.2) is 17.4 Å². The lowest BCUT2D eigenvalue weighted by Gasteiger charge is -2.11. The summed E-state index contributed by atoms with van der Waals surface area (Å²) in [5, 5.41) is 0. The number of esters is 1. The molecular weight excluding hydrogens is 292 g/mol.